The standard InChI is InChI=1S/C18H25NO2/c1-12-7-13(2)9-14(8-12)11-19-15-5-6-16-17(10-15)21-18(3,4)20-16/h5-7,10,12,14,19H,8-9,11H2,1-4H3. The number of benzene rings is 1. The fourth-order valence-electron chi connectivity index (χ4n) is 3.44. The van der Waals surface area contributed by atoms with Gasteiger partial charge in [0.2, 0.25) is 5.79 Å². The van der Waals surface area contributed by atoms with Crippen molar-refractivity contribution in [1.29, 1.82) is 0 Å². The number of fused-ring (bicyclic) bond motifs is 1. The van der Waals surface area contributed by atoms with Gasteiger partial charge in [0.05, 0.1) is 0 Å². The maximum atomic E-state index is 5.79. The molecule has 0 saturated heterocycles. The maximum absolute atomic E-state index is 5.79. The minimum absolute atomic E-state index is 0.554. The first-order chi connectivity index (χ1) is 9.91. The molecule has 3 rings (SSSR count). The highest BCUT2D eigenvalue weighted by Crippen LogP contribution is 2.40. The quantitative estimate of drug-likeness (QED) is 0.824. The van der Waals surface area contributed by atoms with Crippen LogP contribution < -0.4 is 14.8 Å². The van der Waals surface area contributed by atoms with E-state index in [-0.39, 0.29) is 0 Å². The summed E-state index contributed by atoms with van der Waals surface area (Å²) in [7, 11) is 0. The van der Waals surface area contributed by atoms with Crippen molar-refractivity contribution in [1.82, 2.24) is 0 Å². The van der Waals surface area contributed by atoms with Gasteiger partial charge in [0.1, 0.15) is 0 Å². The monoisotopic (exact) mass is 287 g/mol. The van der Waals surface area contributed by atoms with Crippen molar-refractivity contribution in [2.75, 3.05) is 11.9 Å². The van der Waals surface area contributed by atoms with Crippen LogP contribution in [0, 0.1) is 11.8 Å². The largest absolute Gasteiger partial charge is 0.449 e. The average Bonchev–Trinajstić information content (AvgIpc) is 2.68. The molecule has 3 heteroatoms. The normalized spacial score (nSPS) is 26.4. The molecule has 0 spiro atoms. The highest BCUT2D eigenvalue weighted by atomic mass is 16.7. The van der Waals surface area contributed by atoms with E-state index in [0.717, 1.165) is 23.7 Å². The molecular weight excluding hydrogens is 262 g/mol. The van der Waals surface area contributed by atoms with Gasteiger partial charge in [-0.1, -0.05) is 18.6 Å². The molecule has 1 aromatic carbocycles. The molecule has 3 nitrogen and oxygen atoms in total. The summed E-state index contributed by atoms with van der Waals surface area (Å²) in [5.74, 6) is 2.52. The van der Waals surface area contributed by atoms with E-state index in [1.165, 1.54) is 18.4 Å². The molecule has 0 amide bonds. The van der Waals surface area contributed by atoms with Crippen LogP contribution in [0.25, 0.3) is 0 Å². The van der Waals surface area contributed by atoms with E-state index < -0.39 is 5.79 Å². The summed E-state index contributed by atoms with van der Waals surface area (Å²) < 4.78 is 11.5. The SMILES string of the molecule is CC1=CC(C)CC(CNc2ccc3c(c2)OC(C)(C)O3)C1. The Morgan fingerprint density at radius 1 is 1.24 bits per heavy atom. The third kappa shape index (κ3) is 3.34. The van der Waals surface area contributed by atoms with Crippen LogP contribution in [0.4, 0.5) is 5.69 Å². The minimum atomic E-state index is -0.554. The number of hydrogen-bond donors (Lipinski definition) is 1. The third-order valence-electron chi connectivity index (χ3n) is 4.13. The summed E-state index contributed by atoms with van der Waals surface area (Å²) in [5.41, 5.74) is 2.63. The van der Waals surface area contributed by atoms with Crippen LogP contribution in [-0.2, 0) is 0 Å². The Hall–Kier alpha value is -1.64. The lowest BCUT2D eigenvalue weighted by Gasteiger charge is -2.26. The van der Waals surface area contributed by atoms with Crippen molar-refractivity contribution in [2.45, 2.75) is 46.3 Å². The van der Waals surface area contributed by atoms with Gasteiger partial charge in [-0.15, -0.1) is 0 Å². The van der Waals surface area contributed by atoms with Gasteiger partial charge in [0.25, 0.3) is 0 Å². The Balaban J connectivity index is 1.61. The summed E-state index contributed by atoms with van der Waals surface area (Å²) in [6.45, 7) is 9.42. The predicted molar refractivity (Wildman–Crippen MR) is 85.9 cm³/mol. The Labute approximate surface area is 127 Å². The van der Waals surface area contributed by atoms with Crippen molar-refractivity contribution in [3.05, 3.63) is 29.8 Å². The number of ether oxygens (including phenoxy) is 2. The molecule has 0 saturated carbocycles. The fourth-order valence-corrected chi connectivity index (χ4v) is 3.44. The van der Waals surface area contributed by atoms with Crippen molar-refractivity contribution < 1.29 is 9.47 Å². The summed E-state index contributed by atoms with van der Waals surface area (Å²) >= 11 is 0. The van der Waals surface area contributed by atoms with Gasteiger partial charge in [0, 0.05) is 32.1 Å². The number of hydrogen-bond acceptors (Lipinski definition) is 3. The Morgan fingerprint density at radius 3 is 2.76 bits per heavy atom. The van der Waals surface area contributed by atoms with Gasteiger partial charge in [0.15, 0.2) is 11.5 Å². The Morgan fingerprint density at radius 2 is 2.00 bits per heavy atom. The molecule has 2 unspecified atom stereocenters. The van der Waals surface area contributed by atoms with Crippen molar-refractivity contribution in [3.8, 4) is 11.5 Å². The molecule has 0 bridgehead atoms. The molecule has 0 radical (unpaired) electrons. The zero-order valence-electron chi connectivity index (χ0n) is 13.4. The highest BCUT2D eigenvalue weighted by molar-refractivity contribution is 5.56. The zero-order chi connectivity index (χ0) is 15.0. The van der Waals surface area contributed by atoms with Gasteiger partial charge in [-0.3, -0.25) is 0 Å². The van der Waals surface area contributed by atoms with E-state index in [2.05, 4.69) is 31.3 Å². The van der Waals surface area contributed by atoms with E-state index in [1.54, 1.807) is 0 Å². The molecular formula is C18H25NO2. The molecule has 1 heterocycles. The van der Waals surface area contributed by atoms with E-state index >= 15 is 0 Å². The van der Waals surface area contributed by atoms with E-state index in [0.29, 0.717) is 11.8 Å². The summed E-state index contributed by atoms with van der Waals surface area (Å²) in [4.78, 5) is 0. The smallest absolute Gasteiger partial charge is 0.246 e. The van der Waals surface area contributed by atoms with Gasteiger partial charge >= 0.3 is 0 Å². The molecule has 2 aliphatic rings. The molecule has 114 valence electrons. The lowest BCUT2D eigenvalue weighted by Crippen LogP contribution is -2.29. The Kier molecular flexibility index (Phi) is 3.60. The first kappa shape index (κ1) is 14.3. The van der Waals surface area contributed by atoms with Gasteiger partial charge in [-0.25, -0.2) is 0 Å². The summed E-state index contributed by atoms with van der Waals surface area (Å²) in [6, 6.07) is 6.10. The summed E-state index contributed by atoms with van der Waals surface area (Å²) in [6.07, 6.45) is 4.87. The van der Waals surface area contributed by atoms with Gasteiger partial charge in [-0.05, 0) is 43.7 Å². The number of nitrogens with one attached hydrogen (secondary N) is 1. The molecule has 1 aromatic rings. The van der Waals surface area contributed by atoms with E-state index in [9.17, 15) is 0 Å². The van der Waals surface area contributed by atoms with Crippen LogP contribution in [-0.4, -0.2) is 12.3 Å². The lowest BCUT2D eigenvalue weighted by atomic mass is 9.84. The van der Waals surface area contributed by atoms with Gasteiger partial charge in [-0.2, -0.15) is 0 Å². The average molecular weight is 287 g/mol. The molecule has 1 aliphatic heterocycles. The molecule has 21 heavy (non-hydrogen) atoms. The van der Waals surface area contributed by atoms with Crippen LogP contribution in [0.5, 0.6) is 11.5 Å². The van der Waals surface area contributed by atoms with Gasteiger partial charge < -0.3 is 14.8 Å². The van der Waals surface area contributed by atoms with Crippen LogP contribution in [0.1, 0.15) is 40.5 Å². The topological polar surface area (TPSA) is 30.5 Å². The van der Waals surface area contributed by atoms with Crippen molar-refractivity contribution >= 4 is 5.69 Å². The van der Waals surface area contributed by atoms with Crippen LogP contribution in [0.2, 0.25) is 0 Å². The molecule has 1 aliphatic carbocycles. The third-order valence-corrected chi connectivity index (χ3v) is 4.13. The summed E-state index contributed by atoms with van der Waals surface area (Å²) in [5, 5.41) is 3.55. The number of rotatable bonds is 3. The highest BCUT2D eigenvalue weighted by Gasteiger charge is 2.31. The number of anilines is 1. The van der Waals surface area contributed by atoms with Crippen LogP contribution in [0.3, 0.4) is 0 Å². The molecule has 0 aromatic heterocycles. The minimum Gasteiger partial charge on any atom is -0.449 e. The second-order valence-corrected chi connectivity index (χ2v) is 6.94. The van der Waals surface area contributed by atoms with Crippen molar-refractivity contribution in [2.24, 2.45) is 11.8 Å². The van der Waals surface area contributed by atoms with E-state index in [1.807, 2.05) is 26.0 Å². The molecule has 1 N–H and O–H groups in total. The first-order valence-electron chi connectivity index (χ1n) is 7.84. The predicted octanol–water partition coefficient (Wildman–Crippen LogP) is 4.60. The van der Waals surface area contributed by atoms with Crippen LogP contribution >= 0.6 is 0 Å². The van der Waals surface area contributed by atoms with Crippen LogP contribution in [0.15, 0.2) is 29.8 Å². The van der Waals surface area contributed by atoms with Crippen molar-refractivity contribution in [3.63, 3.8) is 0 Å². The fraction of sp³-hybridized carbons (Fsp3) is 0.556. The molecule has 0 fully saturated rings. The maximum Gasteiger partial charge on any atom is 0.246 e. The Bertz CT molecular complexity index is 562. The molecule has 2 atom stereocenters. The zero-order valence-corrected chi connectivity index (χ0v) is 13.4. The van der Waals surface area contributed by atoms with E-state index in [4.69, 9.17) is 9.47 Å². The first-order valence-corrected chi connectivity index (χ1v) is 7.84. The second kappa shape index (κ2) is 5.28. The second-order valence-electron chi connectivity index (χ2n) is 6.94. The lowest BCUT2D eigenvalue weighted by molar-refractivity contribution is -0.0431. The number of allylic oxidation sites excluding steroid dienone is 2.